The van der Waals surface area contributed by atoms with Crippen molar-refractivity contribution in [2.75, 3.05) is 6.54 Å². The third-order valence-electron chi connectivity index (χ3n) is 5.31. The summed E-state index contributed by atoms with van der Waals surface area (Å²) < 4.78 is 0. The summed E-state index contributed by atoms with van der Waals surface area (Å²) in [6.07, 6.45) is 8.58. The summed E-state index contributed by atoms with van der Waals surface area (Å²) in [7, 11) is 0. The van der Waals surface area contributed by atoms with Crippen LogP contribution in [0.5, 0.6) is 0 Å². The summed E-state index contributed by atoms with van der Waals surface area (Å²) in [5, 5.41) is 3.32. The monoisotopic (exact) mass is 286 g/mol. The minimum absolute atomic E-state index is 0.116. The molecule has 21 heavy (non-hydrogen) atoms. The zero-order valence-corrected chi connectivity index (χ0v) is 12.7. The van der Waals surface area contributed by atoms with Crippen LogP contribution in [0.3, 0.4) is 0 Å². The maximum Gasteiger partial charge on any atom is 0.223 e. The van der Waals surface area contributed by atoms with Crippen LogP contribution >= 0.6 is 0 Å². The van der Waals surface area contributed by atoms with E-state index in [1.54, 1.807) is 0 Å². The van der Waals surface area contributed by atoms with Crippen molar-refractivity contribution in [3.05, 3.63) is 35.4 Å². The third-order valence-corrected chi connectivity index (χ3v) is 5.31. The van der Waals surface area contributed by atoms with Gasteiger partial charge in [-0.15, -0.1) is 0 Å². The lowest BCUT2D eigenvalue weighted by Crippen LogP contribution is -2.56. The Kier molecular flexibility index (Phi) is 4.29. The standard InChI is InChI=1S/C18H26N2O/c19-13-18(10-4-1-5-11-18)20-17(21)16-9-8-14-6-2-3-7-15(14)12-16/h2-3,6-7,16H,1,4-5,8-13,19H2,(H,20,21). The summed E-state index contributed by atoms with van der Waals surface area (Å²) in [5.74, 6) is 0.335. The Morgan fingerprint density at radius 3 is 2.62 bits per heavy atom. The van der Waals surface area contributed by atoms with Crippen LogP contribution in [-0.4, -0.2) is 18.0 Å². The Balaban J connectivity index is 1.66. The number of carbonyl (C=O) groups is 1. The minimum atomic E-state index is -0.133. The number of hydrogen-bond acceptors (Lipinski definition) is 2. The number of fused-ring (bicyclic) bond motifs is 1. The number of aryl methyl sites for hydroxylation is 1. The van der Waals surface area contributed by atoms with Crippen molar-refractivity contribution in [2.45, 2.75) is 56.9 Å². The SMILES string of the molecule is NCC1(NC(=O)C2CCc3ccccc3C2)CCCCC1. The highest BCUT2D eigenvalue weighted by molar-refractivity contribution is 5.80. The van der Waals surface area contributed by atoms with Crippen molar-refractivity contribution in [3.63, 3.8) is 0 Å². The number of carbonyl (C=O) groups excluding carboxylic acids is 1. The quantitative estimate of drug-likeness (QED) is 0.897. The molecule has 2 aliphatic rings. The molecule has 0 aromatic heterocycles. The van der Waals surface area contributed by atoms with Crippen LogP contribution in [0.15, 0.2) is 24.3 Å². The fourth-order valence-corrected chi connectivity index (χ4v) is 3.89. The predicted octanol–water partition coefficient (Wildman–Crippen LogP) is 2.57. The number of nitrogens with one attached hydrogen (secondary N) is 1. The van der Waals surface area contributed by atoms with Crippen LogP contribution < -0.4 is 11.1 Å². The molecule has 0 bridgehead atoms. The first kappa shape index (κ1) is 14.6. The van der Waals surface area contributed by atoms with Gasteiger partial charge < -0.3 is 11.1 Å². The number of rotatable bonds is 3. The van der Waals surface area contributed by atoms with Crippen LogP contribution in [-0.2, 0) is 17.6 Å². The van der Waals surface area contributed by atoms with Gasteiger partial charge in [0, 0.05) is 12.5 Å². The smallest absolute Gasteiger partial charge is 0.223 e. The van der Waals surface area contributed by atoms with Gasteiger partial charge in [0.2, 0.25) is 5.91 Å². The molecule has 0 saturated heterocycles. The van der Waals surface area contributed by atoms with Crippen LogP contribution in [0.25, 0.3) is 0 Å². The summed E-state index contributed by atoms with van der Waals surface area (Å²) in [4.78, 5) is 12.7. The molecule has 1 amide bonds. The van der Waals surface area contributed by atoms with Crippen LogP contribution in [0.4, 0.5) is 0 Å². The Labute approximate surface area is 127 Å². The van der Waals surface area contributed by atoms with Crippen LogP contribution in [0.2, 0.25) is 0 Å². The number of hydrogen-bond donors (Lipinski definition) is 2. The molecule has 3 heteroatoms. The molecule has 0 heterocycles. The van der Waals surface area contributed by atoms with Crippen molar-refractivity contribution < 1.29 is 4.79 Å². The van der Waals surface area contributed by atoms with E-state index in [2.05, 4.69) is 29.6 Å². The van der Waals surface area contributed by atoms with Gasteiger partial charge in [0.25, 0.3) is 0 Å². The molecule has 0 aliphatic heterocycles. The zero-order valence-electron chi connectivity index (χ0n) is 12.7. The molecule has 1 atom stereocenters. The molecule has 0 spiro atoms. The van der Waals surface area contributed by atoms with Crippen LogP contribution in [0.1, 0.15) is 49.7 Å². The summed E-state index contributed by atoms with van der Waals surface area (Å²) in [6, 6.07) is 8.51. The second kappa shape index (κ2) is 6.18. The van der Waals surface area contributed by atoms with Gasteiger partial charge in [-0.3, -0.25) is 4.79 Å². The lowest BCUT2D eigenvalue weighted by molar-refractivity contribution is -0.127. The van der Waals surface area contributed by atoms with E-state index >= 15 is 0 Å². The first-order chi connectivity index (χ1) is 10.2. The van der Waals surface area contributed by atoms with Gasteiger partial charge in [0.1, 0.15) is 0 Å². The lowest BCUT2D eigenvalue weighted by Gasteiger charge is -2.38. The fraction of sp³-hybridized carbons (Fsp3) is 0.611. The molecule has 3 rings (SSSR count). The van der Waals surface area contributed by atoms with E-state index < -0.39 is 0 Å². The average Bonchev–Trinajstić information content (AvgIpc) is 2.55. The molecular formula is C18H26N2O. The van der Waals surface area contributed by atoms with Crippen molar-refractivity contribution in [1.82, 2.24) is 5.32 Å². The highest BCUT2D eigenvalue weighted by Gasteiger charge is 2.35. The second-order valence-corrected chi connectivity index (χ2v) is 6.74. The van der Waals surface area contributed by atoms with Gasteiger partial charge in [0.15, 0.2) is 0 Å². The molecular weight excluding hydrogens is 260 g/mol. The first-order valence-corrected chi connectivity index (χ1v) is 8.31. The van der Waals surface area contributed by atoms with E-state index in [1.807, 2.05) is 0 Å². The molecule has 3 nitrogen and oxygen atoms in total. The van der Waals surface area contributed by atoms with Gasteiger partial charge in [0.05, 0.1) is 5.54 Å². The van der Waals surface area contributed by atoms with Crippen LogP contribution in [0, 0.1) is 5.92 Å². The van der Waals surface area contributed by atoms with Crippen molar-refractivity contribution in [1.29, 1.82) is 0 Å². The van der Waals surface area contributed by atoms with E-state index in [0.717, 1.165) is 32.1 Å². The van der Waals surface area contributed by atoms with Gasteiger partial charge in [-0.1, -0.05) is 43.5 Å². The topological polar surface area (TPSA) is 55.1 Å². The van der Waals surface area contributed by atoms with E-state index in [9.17, 15) is 4.79 Å². The first-order valence-electron chi connectivity index (χ1n) is 8.31. The Morgan fingerprint density at radius 1 is 1.19 bits per heavy atom. The van der Waals surface area contributed by atoms with Gasteiger partial charge >= 0.3 is 0 Å². The number of nitrogens with two attached hydrogens (primary N) is 1. The Bertz CT molecular complexity index is 506. The van der Waals surface area contributed by atoms with Gasteiger partial charge in [-0.2, -0.15) is 0 Å². The van der Waals surface area contributed by atoms with E-state index in [1.165, 1.54) is 30.4 Å². The maximum atomic E-state index is 12.7. The van der Waals surface area contributed by atoms with Crippen molar-refractivity contribution in [2.24, 2.45) is 11.7 Å². The zero-order chi connectivity index (χ0) is 14.7. The molecule has 114 valence electrons. The molecule has 1 unspecified atom stereocenters. The van der Waals surface area contributed by atoms with Crippen molar-refractivity contribution >= 4 is 5.91 Å². The molecule has 1 fully saturated rings. The third kappa shape index (κ3) is 3.13. The molecule has 1 aromatic rings. The fourth-order valence-electron chi connectivity index (χ4n) is 3.89. The summed E-state index contributed by atoms with van der Waals surface area (Å²) in [6.45, 7) is 0.571. The Hall–Kier alpha value is -1.35. The maximum absolute atomic E-state index is 12.7. The molecule has 2 aliphatic carbocycles. The van der Waals surface area contributed by atoms with E-state index in [0.29, 0.717) is 6.54 Å². The van der Waals surface area contributed by atoms with Gasteiger partial charge in [-0.25, -0.2) is 0 Å². The highest BCUT2D eigenvalue weighted by Crippen LogP contribution is 2.30. The van der Waals surface area contributed by atoms with E-state index in [-0.39, 0.29) is 17.4 Å². The largest absolute Gasteiger partial charge is 0.349 e. The highest BCUT2D eigenvalue weighted by atomic mass is 16.2. The molecule has 1 aromatic carbocycles. The lowest BCUT2D eigenvalue weighted by atomic mass is 9.79. The molecule has 0 radical (unpaired) electrons. The number of benzene rings is 1. The number of amides is 1. The summed E-state index contributed by atoms with van der Waals surface area (Å²) in [5.41, 5.74) is 8.60. The van der Waals surface area contributed by atoms with Gasteiger partial charge in [-0.05, 0) is 43.2 Å². The Morgan fingerprint density at radius 2 is 1.90 bits per heavy atom. The molecule has 3 N–H and O–H groups in total. The minimum Gasteiger partial charge on any atom is -0.349 e. The molecule has 1 saturated carbocycles. The predicted molar refractivity (Wildman–Crippen MR) is 85.0 cm³/mol. The average molecular weight is 286 g/mol. The normalized spacial score (nSPS) is 24.1. The summed E-state index contributed by atoms with van der Waals surface area (Å²) >= 11 is 0. The van der Waals surface area contributed by atoms with Crippen molar-refractivity contribution in [3.8, 4) is 0 Å². The van der Waals surface area contributed by atoms with E-state index in [4.69, 9.17) is 5.73 Å². The second-order valence-electron chi connectivity index (χ2n) is 6.74.